The van der Waals surface area contributed by atoms with Crippen LogP contribution < -0.4 is 14.5 Å². The number of alkyl halides is 2. The summed E-state index contributed by atoms with van der Waals surface area (Å²) in [5, 5.41) is 10.8. The van der Waals surface area contributed by atoms with Gasteiger partial charge in [-0.15, -0.1) is 23.2 Å². The summed E-state index contributed by atoms with van der Waals surface area (Å²) in [4.78, 5) is 54.6. The van der Waals surface area contributed by atoms with Gasteiger partial charge in [0.05, 0.1) is 30.3 Å². The van der Waals surface area contributed by atoms with Gasteiger partial charge < -0.3 is 9.84 Å². The number of aromatic hydroxyl groups is 1. The maximum atomic E-state index is 14.4. The Labute approximate surface area is 278 Å². The first-order valence-electron chi connectivity index (χ1n) is 14.6. The number of methoxy groups -OCH3 is 1. The molecule has 0 aromatic heterocycles. The number of phenols is 1. The Kier molecular flexibility index (Phi) is 7.05. The van der Waals surface area contributed by atoms with Gasteiger partial charge in [-0.05, 0) is 85.3 Å². The quantitative estimate of drug-likeness (QED) is 0.198. The van der Waals surface area contributed by atoms with Crippen molar-refractivity contribution in [3.8, 4) is 11.5 Å². The Bertz CT molecular complexity index is 1900. The van der Waals surface area contributed by atoms with E-state index in [1.807, 2.05) is 13.0 Å². The number of rotatable bonds is 4. The van der Waals surface area contributed by atoms with Crippen LogP contribution in [0.4, 0.5) is 15.8 Å². The van der Waals surface area contributed by atoms with Crippen LogP contribution in [0.3, 0.4) is 0 Å². The van der Waals surface area contributed by atoms with Crippen molar-refractivity contribution in [2.24, 2.45) is 17.8 Å². The third kappa shape index (κ3) is 4.04. The molecule has 3 aromatic carbocycles. The number of allylic oxidation sites excluding steroid dienone is 2. The Morgan fingerprint density at radius 1 is 0.891 bits per heavy atom. The van der Waals surface area contributed by atoms with E-state index in [-0.39, 0.29) is 30.0 Å². The number of carbonyl (C=O) groups is 4. The second-order valence-electron chi connectivity index (χ2n) is 12.1. The second-order valence-corrected chi connectivity index (χ2v) is 13.8. The van der Waals surface area contributed by atoms with Crippen molar-refractivity contribution in [2.45, 2.75) is 35.4 Å². The van der Waals surface area contributed by atoms with E-state index in [2.05, 4.69) is 0 Å². The van der Waals surface area contributed by atoms with Gasteiger partial charge in [-0.1, -0.05) is 35.4 Å². The summed E-state index contributed by atoms with van der Waals surface area (Å²) in [5.74, 6) is -6.65. The van der Waals surface area contributed by atoms with E-state index in [4.69, 9.17) is 39.5 Å². The standard InChI is InChI=1S/C34H26Cl3FN2O6/c1-16-3-7-20(14-24(16)35)39-29(42)22-11-10-21-23(27(22)30(39)43)15-33(36)31(44)40(19-8-5-18(38)6-9-19)32(45)34(33,37)28(21)17-4-12-25(41)26(13-17)46-2/h3-10,12-14,22-23,27-28,41H,11,15H2,1-2H3/t22-,23+,27-,28-,33+,34-/m0/s1. The van der Waals surface area contributed by atoms with E-state index in [1.54, 1.807) is 24.3 Å². The normalized spacial score (nSPS) is 30.3. The molecule has 8 nitrogen and oxygen atoms in total. The van der Waals surface area contributed by atoms with Crippen LogP contribution in [0.25, 0.3) is 0 Å². The maximum Gasteiger partial charge on any atom is 0.258 e. The summed E-state index contributed by atoms with van der Waals surface area (Å²) in [6, 6.07) is 14.2. The Balaban J connectivity index is 1.40. The molecule has 0 unspecified atom stereocenters. The number of ether oxygens (including phenoxy) is 1. The smallest absolute Gasteiger partial charge is 0.258 e. The monoisotopic (exact) mass is 682 g/mol. The highest BCUT2D eigenvalue weighted by molar-refractivity contribution is 6.58. The molecule has 12 heteroatoms. The van der Waals surface area contributed by atoms with Crippen LogP contribution in [0, 0.1) is 30.5 Å². The van der Waals surface area contributed by atoms with E-state index in [0.29, 0.717) is 21.8 Å². The zero-order valence-electron chi connectivity index (χ0n) is 24.5. The molecule has 4 amide bonds. The number of phenolic OH excluding ortho intramolecular Hbond substituents is 1. The first-order chi connectivity index (χ1) is 21.8. The van der Waals surface area contributed by atoms with Gasteiger partial charge >= 0.3 is 0 Å². The molecule has 3 fully saturated rings. The first kappa shape index (κ1) is 30.7. The molecular weight excluding hydrogens is 658 g/mol. The fourth-order valence-electron chi connectivity index (χ4n) is 7.62. The van der Waals surface area contributed by atoms with Crippen LogP contribution in [-0.2, 0) is 19.2 Å². The predicted molar refractivity (Wildman–Crippen MR) is 170 cm³/mol. The van der Waals surface area contributed by atoms with Crippen molar-refractivity contribution in [1.29, 1.82) is 0 Å². The van der Waals surface area contributed by atoms with Crippen LogP contribution in [-0.4, -0.2) is 45.6 Å². The van der Waals surface area contributed by atoms with Crippen LogP contribution in [0.1, 0.15) is 29.9 Å². The molecule has 7 rings (SSSR count). The lowest BCUT2D eigenvalue weighted by Gasteiger charge is -2.50. The van der Waals surface area contributed by atoms with Crippen LogP contribution >= 0.6 is 34.8 Å². The van der Waals surface area contributed by atoms with Gasteiger partial charge in [0.2, 0.25) is 11.8 Å². The first-order valence-corrected chi connectivity index (χ1v) is 15.7. The van der Waals surface area contributed by atoms with Gasteiger partial charge in [0.1, 0.15) is 5.82 Å². The number of nitrogens with zero attached hydrogens (tertiary/aromatic N) is 2. The lowest BCUT2D eigenvalue weighted by atomic mass is 9.56. The van der Waals surface area contributed by atoms with Crippen molar-refractivity contribution in [3.05, 3.63) is 94.3 Å². The molecule has 0 spiro atoms. The lowest BCUT2D eigenvalue weighted by Crippen LogP contribution is -2.60. The molecule has 2 aliphatic carbocycles. The second kappa shape index (κ2) is 10.6. The number of anilines is 2. The van der Waals surface area contributed by atoms with E-state index in [9.17, 15) is 28.7 Å². The molecule has 46 heavy (non-hydrogen) atoms. The molecule has 6 atom stereocenters. The van der Waals surface area contributed by atoms with Crippen molar-refractivity contribution < 1.29 is 33.4 Å². The van der Waals surface area contributed by atoms with Gasteiger partial charge in [-0.2, -0.15) is 0 Å². The maximum absolute atomic E-state index is 14.4. The van der Waals surface area contributed by atoms with Crippen molar-refractivity contribution in [1.82, 2.24) is 0 Å². The SMILES string of the molecule is COc1cc([C@H]2C3=CC[C@@H]4C(=O)N(c5ccc(C)c(Cl)c5)C(=O)[C@@H]4[C@@H]3C[C@@]3(Cl)C(=O)N(c4ccc(F)cc4)C(=O)[C@@]23Cl)ccc1O. The molecule has 2 aliphatic heterocycles. The molecule has 0 radical (unpaired) electrons. The van der Waals surface area contributed by atoms with Crippen molar-refractivity contribution >= 4 is 69.8 Å². The van der Waals surface area contributed by atoms with E-state index in [0.717, 1.165) is 27.5 Å². The summed E-state index contributed by atoms with van der Waals surface area (Å²) >= 11 is 21.1. The minimum Gasteiger partial charge on any atom is -0.504 e. The molecule has 236 valence electrons. The lowest BCUT2D eigenvalue weighted by molar-refractivity contribution is -0.125. The van der Waals surface area contributed by atoms with Gasteiger partial charge in [0.25, 0.3) is 11.8 Å². The average Bonchev–Trinajstić information content (AvgIpc) is 3.37. The summed E-state index contributed by atoms with van der Waals surface area (Å²) in [6.45, 7) is 1.81. The molecule has 1 saturated carbocycles. The van der Waals surface area contributed by atoms with Gasteiger partial charge in [0.15, 0.2) is 21.2 Å². The van der Waals surface area contributed by atoms with Crippen LogP contribution in [0.5, 0.6) is 11.5 Å². The number of amides is 4. The van der Waals surface area contributed by atoms with Gasteiger partial charge in [-0.3, -0.25) is 19.2 Å². The fraction of sp³-hybridized carbons (Fsp3) is 0.294. The number of fused-ring (bicyclic) bond motifs is 4. The number of hydrogen-bond acceptors (Lipinski definition) is 6. The fourth-order valence-corrected chi connectivity index (χ4v) is 8.73. The minimum absolute atomic E-state index is 0.0808. The van der Waals surface area contributed by atoms with Crippen molar-refractivity contribution in [2.75, 3.05) is 16.9 Å². The largest absolute Gasteiger partial charge is 0.504 e. The van der Waals surface area contributed by atoms with E-state index < -0.39 is 62.9 Å². The topological polar surface area (TPSA) is 104 Å². The number of halogens is 4. The third-order valence-corrected chi connectivity index (χ3v) is 11.7. The number of imide groups is 2. The highest BCUT2D eigenvalue weighted by atomic mass is 35.5. The average molecular weight is 684 g/mol. The molecule has 3 aromatic rings. The zero-order valence-corrected chi connectivity index (χ0v) is 26.7. The van der Waals surface area contributed by atoms with Crippen LogP contribution in [0.2, 0.25) is 5.02 Å². The number of hydrogen-bond donors (Lipinski definition) is 1. The minimum atomic E-state index is -2.10. The zero-order chi connectivity index (χ0) is 32.9. The molecule has 1 N–H and O–H groups in total. The molecule has 4 aliphatic rings. The number of benzene rings is 3. The van der Waals surface area contributed by atoms with Crippen LogP contribution in [0.15, 0.2) is 72.3 Å². The Morgan fingerprint density at radius 3 is 2.26 bits per heavy atom. The van der Waals surface area contributed by atoms with Gasteiger partial charge in [0, 0.05) is 10.9 Å². The number of aryl methyl sites for hydroxylation is 1. The molecule has 2 heterocycles. The summed E-state index contributed by atoms with van der Waals surface area (Å²) < 4.78 is 19.2. The summed E-state index contributed by atoms with van der Waals surface area (Å²) in [5.41, 5.74) is 2.18. The highest BCUT2D eigenvalue weighted by Gasteiger charge is 2.76. The molecule has 0 bridgehead atoms. The van der Waals surface area contributed by atoms with Crippen molar-refractivity contribution in [3.63, 3.8) is 0 Å². The van der Waals surface area contributed by atoms with E-state index in [1.165, 1.54) is 31.4 Å². The van der Waals surface area contributed by atoms with E-state index >= 15 is 0 Å². The third-order valence-electron chi connectivity index (χ3n) is 9.85. The molecule has 2 saturated heterocycles. The number of carbonyl (C=O) groups excluding carboxylic acids is 4. The molecular formula is C34H26Cl3FN2O6. The Hall–Kier alpha value is -3.92. The predicted octanol–water partition coefficient (Wildman–Crippen LogP) is 6.27. The summed E-state index contributed by atoms with van der Waals surface area (Å²) in [7, 11) is 1.37. The van der Waals surface area contributed by atoms with Gasteiger partial charge in [-0.25, -0.2) is 14.2 Å². The Morgan fingerprint density at radius 2 is 1.59 bits per heavy atom. The highest BCUT2D eigenvalue weighted by Crippen LogP contribution is 2.66. The summed E-state index contributed by atoms with van der Waals surface area (Å²) in [6.07, 6.45) is 1.76.